The molecule has 0 aliphatic rings. The topological polar surface area (TPSA) is 159 Å². The number of benzene rings is 2. The Hall–Kier alpha value is -4.72. The molecule has 2 aromatic rings. The van der Waals surface area contributed by atoms with Crippen molar-refractivity contribution in [3.05, 3.63) is 76.0 Å². The van der Waals surface area contributed by atoms with E-state index in [0.29, 0.717) is 17.1 Å². The molecule has 0 atom stereocenters. The van der Waals surface area contributed by atoms with E-state index in [0.717, 1.165) is 5.56 Å². The van der Waals surface area contributed by atoms with Crippen LogP contribution in [-0.4, -0.2) is 29.2 Å². The predicted octanol–water partition coefficient (Wildman–Crippen LogP) is 3.52. The van der Waals surface area contributed by atoms with Crippen molar-refractivity contribution in [2.24, 2.45) is 5.10 Å². The highest BCUT2D eigenvalue weighted by Crippen LogP contribution is 2.16. The first-order chi connectivity index (χ1) is 15.3. The van der Waals surface area contributed by atoms with E-state index in [1.807, 2.05) is 11.4 Å². The van der Waals surface area contributed by atoms with Gasteiger partial charge >= 0.3 is 6.09 Å². The van der Waals surface area contributed by atoms with Crippen LogP contribution in [0.4, 0.5) is 21.9 Å². The zero-order valence-corrected chi connectivity index (χ0v) is 17.3. The largest absolute Gasteiger partial charge is 0.450 e. The summed E-state index contributed by atoms with van der Waals surface area (Å²) in [5.41, 5.74) is 5.02. The van der Waals surface area contributed by atoms with Gasteiger partial charge in [-0.15, -0.1) is 0 Å². The van der Waals surface area contributed by atoms with Gasteiger partial charge in [-0.3, -0.25) is 25.7 Å². The normalized spacial score (nSPS) is 11.2. The Bertz CT molecular complexity index is 1100. The number of hydrazone groups is 1. The van der Waals surface area contributed by atoms with Crippen LogP contribution in [0.2, 0.25) is 0 Å². The number of non-ortho nitro benzene ring substituents is 1. The number of anilines is 2. The number of alkyl carbamates (subject to hydrolysis) is 1. The lowest BCUT2D eigenvalue weighted by Gasteiger charge is -2.07. The number of carbonyl (C=O) groups is 2. The Labute approximate surface area is 183 Å². The Balaban J connectivity index is 2.06. The number of rotatable bonds is 8. The molecule has 2 rings (SSSR count). The lowest BCUT2D eigenvalue weighted by molar-refractivity contribution is -0.384. The fourth-order valence-corrected chi connectivity index (χ4v) is 2.34. The van der Waals surface area contributed by atoms with E-state index in [9.17, 15) is 19.7 Å². The molecule has 0 heterocycles. The maximum absolute atomic E-state index is 11.9. The van der Waals surface area contributed by atoms with Crippen molar-refractivity contribution in [1.29, 1.82) is 5.26 Å². The lowest BCUT2D eigenvalue weighted by Crippen LogP contribution is -2.32. The summed E-state index contributed by atoms with van der Waals surface area (Å²) in [5.74, 6) is -0.889. The van der Waals surface area contributed by atoms with Gasteiger partial charge in [-0.2, -0.15) is 10.4 Å². The summed E-state index contributed by atoms with van der Waals surface area (Å²) in [5, 5.41) is 28.9. The summed E-state index contributed by atoms with van der Waals surface area (Å²) in [7, 11) is 0. The number of hydrogen-bond acceptors (Lipinski definition) is 9. The molecule has 11 nitrogen and oxygen atoms in total. The van der Waals surface area contributed by atoms with E-state index in [4.69, 9.17) is 5.26 Å². The summed E-state index contributed by atoms with van der Waals surface area (Å²) in [6.45, 7) is 3.45. The molecule has 0 aliphatic heterocycles. The van der Waals surface area contributed by atoms with Crippen LogP contribution in [0.15, 0.2) is 65.4 Å². The fraction of sp³-hybridized carbons (Fsp3) is 0.143. The van der Waals surface area contributed by atoms with Gasteiger partial charge < -0.3 is 10.1 Å². The van der Waals surface area contributed by atoms with Gasteiger partial charge in [0.05, 0.1) is 22.9 Å². The first-order valence-electron chi connectivity index (χ1n) is 9.34. The number of nitrogens with zero attached hydrogens (tertiary/aromatic N) is 3. The van der Waals surface area contributed by atoms with Gasteiger partial charge in [-0.1, -0.05) is 12.1 Å². The summed E-state index contributed by atoms with van der Waals surface area (Å²) < 4.78 is 4.61. The minimum absolute atomic E-state index is 0.0178. The van der Waals surface area contributed by atoms with Crippen molar-refractivity contribution < 1.29 is 19.2 Å². The second kappa shape index (κ2) is 11.5. The third kappa shape index (κ3) is 6.96. The van der Waals surface area contributed by atoms with Gasteiger partial charge in [0.1, 0.15) is 11.6 Å². The van der Waals surface area contributed by atoms with Crippen LogP contribution in [0.5, 0.6) is 0 Å². The van der Waals surface area contributed by atoms with E-state index >= 15 is 0 Å². The number of carbonyl (C=O) groups excluding carboxylic acids is 2. The molecule has 2 aromatic carbocycles. The monoisotopic (exact) mass is 436 g/mol. The van der Waals surface area contributed by atoms with Crippen LogP contribution in [0, 0.1) is 21.4 Å². The van der Waals surface area contributed by atoms with E-state index in [1.165, 1.54) is 18.3 Å². The minimum Gasteiger partial charge on any atom is -0.450 e. The summed E-state index contributed by atoms with van der Waals surface area (Å²) in [4.78, 5) is 33.5. The average Bonchev–Trinajstić information content (AvgIpc) is 2.78. The van der Waals surface area contributed by atoms with E-state index in [2.05, 4.69) is 20.6 Å². The van der Waals surface area contributed by atoms with Crippen molar-refractivity contribution in [1.82, 2.24) is 5.32 Å². The molecule has 0 radical (unpaired) electrons. The molecule has 2 amide bonds. The average molecular weight is 436 g/mol. The molecule has 0 unspecified atom stereocenters. The summed E-state index contributed by atoms with van der Waals surface area (Å²) in [6, 6.07) is 14.6. The molecular weight excluding hydrogens is 416 g/mol. The van der Waals surface area contributed by atoms with Crippen LogP contribution < -0.4 is 16.1 Å². The Kier molecular flexibility index (Phi) is 8.44. The SMILES string of the molecule is CCOC(=O)NC(=O)/C(C#N)=C\Nc1cccc(C(C)=NNc2ccc([N+](=O)[O-])cc2)c1. The molecule has 164 valence electrons. The molecule has 0 spiro atoms. The van der Waals surface area contributed by atoms with E-state index in [-0.39, 0.29) is 17.9 Å². The lowest BCUT2D eigenvalue weighted by atomic mass is 10.1. The number of imide groups is 1. The summed E-state index contributed by atoms with van der Waals surface area (Å²) >= 11 is 0. The molecule has 0 saturated heterocycles. The van der Waals surface area contributed by atoms with Gasteiger partial charge in [0, 0.05) is 24.0 Å². The first-order valence-corrected chi connectivity index (χ1v) is 9.34. The smallest absolute Gasteiger partial charge is 0.414 e. The third-order valence-electron chi connectivity index (χ3n) is 3.95. The second-order valence-electron chi connectivity index (χ2n) is 6.18. The Morgan fingerprint density at radius 3 is 2.56 bits per heavy atom. The maximum Gasteiger partial charge on any atom is 0.414 e. The van der Waals surface area contributed by atoms with Gasteiger partial charge in [0.15, 0.2) is 0 Å². The molecule has 0 fully saturated rings. The van der Waals surface area contributed by atoms with Crippen LogP contribution in [0.3, 0.4) is 0 Å². The first kappa shape index (κ1) is 23.6. The Morgan fingerprint density at radius 2 is 1.94 bits per heavy atom. The van der Waals surface area contributed by atoms with E-state index in [1.54, 1.807) is 50.2 Å². The number of amides is 2. The van der Waals surface area contributed by atoms with Crippen molar-refractivity contribution in [2.75, 3.05) is 17.3 Å². The standard InChI is InChI=1S/C21H20N6O5/c1-3-32-21(29)24-20(28)16(12-22)13-23-18-6-4-5-15(11-18)14(2)25-26-17-7-9-19(10-8-17)27(30)31/h4-11,13,23,26H,3H2,1-2H3,(H,24,28,29)/b16-13-,25-14?. The van der Waals surface area contributed by atoms with Crippen LogP contribution in [0.1, 0.15) is 19.4 Å². The van der Waals surface area contributed by atoms with Crippen molar-refractivity contribution in [3.8, 4) is 6.07 Å². The van der Waals surface area contributed by atoms with Crippen molar-refractivity contribution >= 4 is 34.8 Å². The van der Waals surface area contributed by atoms with Gasteiger partial charge in [-0.25, -0.2) is 4.79 Å². The molecule has 3 N–H and O–H groups in total. The highest BCUT2D eigenvalue weighted by Gasteiger charge is 2.13. The number of nitrogens with one attached hydrogen (secondary N) is 3. The fourth-order valence-electron chi connectivity index (χ4n) is 2.34. The molecule has 0 bridgehead atoms. The zero-order chi connectivity index (χ0) is 23.5. The van der Waals surface area contributed by atoms with Crippen LogP contribution in [-0.2, 0) is 9.53 Å². The summed E-state index contributed by atoms with van der Waals surface area (Å²) in [6.07, 6.45) is 0.239. The minimum atomic E-state index is -0.937. The van der Waals surface area contributed by atoms with Crippen LogP contribution in [0.25, 0.3) is 0 Å². The highest BCUT2D eigenvalue weighted by atomic mass is 16.6. The Morgan fingerprint density at radius 1 is 1.22 bits per heavy atom. The van der Waals surface area contributed by atoms with E-state index < -0.39 is 16.9 Å². The zero-order valence-electron chi connectivity index (χ0n) is 17.3. The van der Waals surface area contributed by atoms with Gasteiger partial charge in [-0.05, 0) is 43.7 Å². The molecule has 0 aliphatic carbocycles. The predicted molar refractivity (Wildman–Crippen MR) is 118 cm³/mol. The van der Waals surface area contributed by atoms with Crippen molar-refractivity contribution in [3.63, 3.8) is 0 Å². The molecular formula is C21H20N6O5. The molecule has 0 aromatic heterocycles. The number of ether oxygens (including phenoxy) is 1. The molecule has 11 heteroatoms. The second-order valence-corrected chi connectivity index (χ2v) is 6.18. The number of nitro benzene ring substituents is 1. The van der Waals surface area contributed by atoms with Gasteiger partial charge in [0.25, 0.3) is 11.6 Å². The maximum atomic E-state index is 11.9. The molecule has 32 heavy (non-hydrogen) atoms. The quantitative estimate of drug-likeness (QED) is 0.186. The van der Waals surface area contributed by atoms with Crippen molar-refractivity contribution in [2.45, 2.75) is 13.8 Å². The number of nitriles is 1. The third-order valence-corrected chi connectivity index (χ3v) is 3.95. The number of nitro groups is 1. The van der Waals surface area contributed by atoms with Crippen LogP contribution >= 0.6 is 0 Å². The number of hydrogen-bond donors (Lipinski definition) is 3. The molecule has 0 saturated carbocycles. The highest BCUT2D eigenvalue weighted by molar-refractivity contribution is 6.05. The van der Waals surface area contributed by atoms with Gasteiger partial charge in [0.2, 0.25) is 0 Å².